The minimum Gasteiger partial charge on any atom is -0.386 e. The van der Waals surface area contributed by atoms with E-state index in [2.05, 4.69) is 9.97 Å². The summed E-state index contributed by atoms with van der Waals surface area (Å²) in [6.45, 7) is 5.25. The van der Waals surface area contributed by atoms with E-state index in [1.165, 1.54) is 6.33 Å². The van der Waals surface area contributed by atoms with Crippen LogP contribution in [-0.2, 0) is 0 Å². The van der Waals surface area contributed by atoms with E-state index >= 15 is 0 Å². The van der Waals surface area contributed by atoms with Gasteiger partial charge in [-0.05, 0) is 5.92 Å². The van der Waals surface area contributed by atoms with Crippen molar-refractivity contribution in [2.45, 2.75) is 19.4 Å². The molecule has 0 amide bonds. The van der Waals surface area contributed by atoms with Gasteiger partial charge in [0.2, 0.25) is 0 Å². The first kappa shape index (κ1) is 10.6. The predicted molar refractivity (Wildman–Crippen MR) is 59.0 cm³/mol. The lowest BCUT2D eigenvalue weighted by Crippen LogP contribution is -2.65. The number of halogens is 1. The summed E-state index contributed by atoms with van der Waals surface area (Å²) in [6, 6.07) is 1.71. The Kier molecular flexibility index (Phi) is 2.56. The fourth-order valence-corrected chi connectivity index (χ4v) is 1.78. The average Bonchev–Trinajstić information content (AvgIpc) is 2.12. The predicted octanol–water partition coefficient (Wildman–Crippen LogP) is 1.34. The molecule has 82 valence electrons. The third kappa shape index (κ3) is 1.92. The van der Waals surface area contributed by atoms with Crippen LogP contribution in [0.1, 0.15) is 13.8 Å². The van der Waals surface area contributed by atoms with Crippen LogP contribution in [0.15, 0.2) is 12.4 Å². The van der Waals surface area contributed by atoms with Crippen LogP contribution in [0.25, 0.3) is 0 Å². The van der Waals surface area contributed by atoms with E-state index in [-0.39, 0.29) is 5.92 Å². The molecule has 0 radical (unpaired) electrons. The summed E-state index contributed by atoms with van der Waals surface area (Å²) < 4.78 is 0. The highest BCUT2D eigenvalue weighted by atomic mass is 35.5. The van der Waals surface area contributed by atoms with Crippen LogP contribution in [0, 0.1) is 5.92 Å². The minimum absolute atomic E-state index is 0.256. The van der Waals surface area contributed by atoms with Crippen molar-refractivity contribution in [1.29, 1.82) is 0 Å². The van der Waals surface area contributed by atoms with Crippen LogP contribution in [0.2, 0.25) is 5.15 Å². The Balaban J connectivity index is 2.06. The molecule has 2 rings (SSSR count). The van der Waals surface area contributed by atoms with Gasteiger partial charge < -0.3 is 10.0 Å². The second-order valence-electron chi connectivity index (χ2n) is 4.31. The van der Waals surface area contributed by atoms with Gasteiger partial charge >= 0.3 is 0 Å². The average molecular weight is 228 g/mol. The summed E-state index contributed by atoms with van der Waals surface area (Å²) >= 11 is 5.76. The standard InChI is InChI=1S/C10H14ClN3O/c1-7(2)10(15)4-14(5-10)9-3-8(11)12-6-13-9/h3,6-7,15H,4-5H2,1-2H3. The fourth-order valence-electron chi connectivity index (χ4n) is 1.64. The molecule has 1 saturated heterocycles. The summed E-state index contributed by atoms with van der Waals surface area (Å²) in [5, 5.41) is 10.5. The van der Waals surface area contributed by atoms with E-state index in [9.17, 15) is 5.11 Å². The number of aliphatic hydroxyl groups is 1. The third-order valence-electron chi connectivity index (χ3n) is 2.95. The summed E-state index contributed by atoms with van der Waals surface area (Å²) in [5.74, 6) is 1.03. The Hall–Kier alpha value is -0.870. The first-order valence-corrected chi connectivity index (χ1v) is 5.34. The zero-order valence-corrected chi connectivity index (χ0v) is 9.57. The minimum atomic E-state index is -0.586. The highest BCUT2D eigenvalue weighted by Gasteiger charge is 2.44. The molecule has 0 unspecified atom stereocenters. The molecule has 1 aliphatic rings. The van der Waals surface area contributed by atoms with Crippen LogP contribution in [0.4, 0.5) is 5.82 Å². The summed E-state index contributed by atoms with van der Waals surface area (Å²) in [5.41, 5.74) is -0.586. The maximum atomic E-state index is 10.1. The van der Waals surface area contributed by atoms with Crippen molar-refractivity contribution in [1.82, 2.24) is 9.97 Å². The number of aromatic nitrogens is 2. The van der Waals surface area contributed by atoms with Gasteiger partial charge in [0.25, 0.3) is 0 Å². The van der Waals surface area contributed by atoms with Crippen molar-refractivity contribution < 1.29 is 5.11 Å². The van der Waals surface area contributed by atoms with Crippen LogP contribution in [0.5, 0.6) is 0 Å². The Morgan fingerprint density at radius 3 is 2.67 bits per heavy atom. The van der Waals surface area contributed by atoms with Gasteiger partial charge in [0.1, 0.15) is 22.9 Å². The molecular weight excluding hydrogens is 214 g/mol. The van der Waals surface area contributed by atoms with Gasteiger partial charge in [-0.2, -0.15) is 0 Å². The summed E-state index contributed by atoms with van der Waals surface area (Å²) in [4.78, 5) is 9.92. The van der Waals surface area contributed by atoms with E-state index < -0.39 is 5.60 Å². The SMILES string of the molecule is CC(C)C1(O)CN(c2cc(Cl)ncn2)C1. The molecule has 0 saturated carbocycles. The molecule has 5 heteroatoms. The third-order valence-corrected chi connectivity index (χ3v) is 3.15. The largest absolute Gasteiger partial charge is 0.386 e. The van der Waals surface area contributed by atoms with Crippen LogP contribution in [0.3, 0.4) is 0 Å². The maximum absolute atomic E-state index is 10.1. The quantitative estimate of drug-likeness (QED) is 0.775. The van der Waals surface area contributed by atoms with Crippen LogP contribution in [-0.4, -0.2) is 33.8 Å². The van der Waals surface area contributed by atoms with Crippen molar-refractivity contribution in [3.63, 3.8) is 0 Å². The lowest BCUT2D eigenvalue weighted by molar-refractivity contribution is -0.0304. The first-order valence-electron chi connectivity index (χ1n) is 4.96. The van der Waals surface area contributed by atoms with Crippen molar-refractivity contribution in [2.75, 3.05) is 18.0 Å². The number of hydrogen-bond acceptors (Lipinski definition) is 4. The zero-order valence-electron chi connectivity index (χ0n) is 8.81. The Morgan fingerprint density at radius 1 is 1.47 bits per heavy atom. The topological polar surface area (TPSA) is 49.2 Å². The van der Waals surface area contributed by atoms with Crippen molar-refractivity contribution >= 4 is 17.4 Å². The van der Waals surface area contributed by atoms with Crippen LogP contribution >= 0.6 is 11.6 Å². The lowest BCUT2D eigenvalue weighted by Gasteiger charge is -2.49. The summed E-state index contributed by atoms with van der Waals surface area (Å²) in [6.07, 6.45) is 1.43. The van der Waals surface area contributed by atoms with E-state index in [0.29, 0.717) is 18.2 Å². The van der Waals surface area contributed by atoms with Gasteiger partial charge in [0.15, 0.2) is 0 Å². The Labute approximate surface area is 93.9 Å². The molecule has 1 fully saturated rings. The number of β-amino-alcohol motifs (C(OH)–C–C–N with tert-alkyl or cyclic N) is 1. The molecule has 0 aromatic carbocycles. The molecule has 0 spiro atoms. The second kappa shape index (κ2) is 3.61. The normalized spacial score (nSPS) is 19.1. The second-order valence-corrected chi connectivity index (χ2v) is 4.70. The highest BCUT2D eigenvalue weighted by Crippen LogP contribution is 2.32. The monoisotopic (exact) mass is 227 g/mol. The smallest absolute Gasteiger partial charge is 0.134 e. The molecular formula is C10H14ClN3O. The van der Waals surface area contributed by atoms with Crippen LogP contribution < -0.4 is 4.90 Å². The number of nitrogens with zero attached hydrogens (tertiary/aromatic N) is 3. The number of anilines is 1. The van der Waals surface area contributed by atoms with E-state index in [0.717, 1.165) is 5.82 Å². The van der Waals surface area contributed by atoms with Gasteiger partial charge in [-0.3, -0.25) is 0 Å². The first-order chi connectivity index (χ1) is 7.01. The molecule has 15 heavy (non-hydrogen) atoms. The van der Waals surface area contributed by atoms with Crippen molar-refractivity contribution in [3.8, 4) is 0 Å². The summed E-state index contributed by atoms with van der Waals surface area (Å²) in [7, 11) is 0. The highest BCUT2D eigenvalue weighted by molar-refractivity contribution is 6.29. The number of hydrogen-bond donors (Lipinski definition) is 1. The van der Waals surface area contributed by atoms with E-state index in [1.54, 1.807) is 6.07 Å². The van der Waals surface area contributed by atoms with Crippen molar-refractivity contribution in [2.24, 2.45) is 5.92 Å². The molecule has 0 aliphatic carbocycles. The van der Waals surface area contributed by atoms with Gasteiger partial charge in [0.05, 0.1) is 13.1 Å². The molecule has 2 heterocycles. The molecule has 0 atom stereocenters. The Morgan fingerprint density at radius 2 is 2.13 bits per heavy atom. The number of rotatable bonds is 2. The molecule has 0 bridgehead atoms. The molecule has 1 aromatic heterocycles. The maximum Gasteiger partial charge on any atom is 0.134 e. The molecule has 1 N–H and O–H groups in total. The molecule has 1 aromatic rings. The van der Waals surface area contributed by atoms with Gasteiger partial charge in [-0.1, -0.05) is 25.4 Å². The molecule has 1 aliphatic heterocycles. The van der Waals surface area contributed by atoms with E-state index in [1.807, 2.05) is 18.7 Å². The lowest BCUT2D eigenvalue weighted by atomic mass is 9.83. The van der Waals surface area contributed by atoms with Gasteiger partial charge in [-0.15, -0.1) is 0 Å². The fraction of sp³-hybridized carbons (Fsp3) is 0.600. The molecule has 4 nitrogen and oxygen atoms in total. The van der Waals surface area contributed by atoms with Gasteiger partial charge in [0, 0.05) is 6.07 Å². The Bertz CT molecular complexity index is 363. The van der Waals surface area contributed by atoms with Gasteiger partial charge in [-0.25, -0.2) is 9.97 Å². The van der Waals surface area contributed by atoms with Crippen molar-refractivity contribution in [3.05, 3.63) is 17.5 Å². The van der Waals surface area contributed by atoms with E-state index in [4.69, 9.17) is 11.6 Å². The zero-order chi connectivity index (χ0) is 11.1.